The van der Waals surface area contributed by atoms with E-state index in [4.69, 9.17) is 5.11 Å². The zero-order chi connectivity index (χ0) is 12.1. The third-order valence-corrected chi connectivity index (χ3v) is 3.83. The first-order valence-electron chi connectivity index (χ1n) is 5.63. The van der Waals surface area contributed by atoms with Gasteiger partial charge < -0.3 is 10.0 Å². The van der Waals surface area contributed by atoms with Gasteiger partial charge in [0.2, 0.25) is 5.91 Å². The Morgan fingerprint density at radius 1 is 1.25 bits per heavy atom. The Hall–Kier alpha value is -0.710. The molecule has 4 nitrogen and oxygen atoms in total. The second-order valence-corrected chi connectivity index (χ2v) is 5.30. The third-order valence-electron chi connectivity index (χ3n) is 2.93. The van der Waals surface area contributed by atoms with E-state index in [-0.39, 0.29) is 17.4 Å². The first-order valence-corrected chi connectivity index (χ1v) is 6.78. The van der Waals surface area contributed by atoms with E-state index in [0.717, 1.165) is 12.8 Å². The van der Waals surface area contributed by atoms with Crippen molar-refractivity contribution >= 4 is 23.6 Å². The maximum Gasteiger partial charge on any atom is 0.313 e. The zero-order valence-corrected chi connectivity index (χ0v) is 10.6. The summed E-state index contributed by atoms with van der Waals surface area (Å²) in [5.74, 6) is -0.507. The van der Waals surface area contributed by atoms with Crippen LogP contribution in [-0.2, 0) is 9.59 Å². The molecule has 1 amide bonds. The van der Waals surface area contributed by atoms with Crippen molar-refractivity contribution in [1.29, 1.82) is 0 Å². The van der Waals surface area contributed by atoms with Crippen LogP contribution in [0.4, 0.5) is 0 Å². The molecule has 1 N–H and O–H groups in total. The molecule has 2 atom stereocenters. The fraction of sp³-hybridized carbons (Fsp3) is 0.818. The van der Waals surface area contributed by atoms with Crippen LogP contribution in [0.3, 0.4) is 0 Å². The highest BCUT2D eigenvalue weighted by molar-refractivity contribution is 8.00. The molecule has 1 saturated heterocycles. The Kier molecular flexibility index (Phi) is 5.12. The predicted octanol–water partition coefficient (Wildman–Crippen LogP) is 1.59. The van der Waals surface area contributed by atoms with Gasteiger partial charge in [0.05, 0.1) is 11.5 Å². The molecule has 0 aromatic heterocycles. The number of likely N-dealkylation sites (tertiary alicyclic amines) is 1. The van der Waals surface area contributed by atoms with Crippen LogP contribution in [0.15, 0.2) is 0 Å². The summed E-state index contributed by atoms with van der Waals surface area (Å²) in [5.41, 5.74) is 0. The molecule has 1 fully saturated rings. The molecule has 16 heavy (non-hydrogen) atoms. The highest BCUT2D eigenvalue weighted by atomic mass is 32.2. The average Bonchev–Trinajstić information content (AvgIpc) is 2.16. The van der Waals surface area contributed by atoms with Crippen molar-refractivity contribution in [2.45, 2.75) is 45.2 Å². The van der Waals surface area contributed by atoms with Gasteiger partial charge in [-0.25, -0.2) is 0 Å². The van der Waals surface area contributed by atoms with E-state index >= 15 is 0 Å². The van der Waals surface area contributed by atoms with E-state index in [2.05, 4.69) is 13.8 Å². The molecule has 1 aliphatic rings. The van der Waals surface area contributed by atoms with Crippen molar-refractivity contribution in [1.82, 2.24) is 4.90 Å². The minimum atomic E-state index is -0.863. The first kappa shape index (κ1) is 13.4. The standard InChI is InChI=1S/C11H19NO3S/c1-8-4-3-5-9(2)12(8)10(13)6-16-7-11(14)15/h8-9H,3-7H2,1-2H3,(H,14,15). The summed E-state index contributed by atoms with van der Waals surface area (Å²) in [5, 5.41) is 8.49. The van der Waals surface area contributed by atoms with Crippen molar-refractivity contribution < 1.29 is 14.7 Å². The van der Waals surface area contributed by atoms with E-state index in [0.29, 0.717) is 12.1 Å². The summed E-state index contributed by atoms with van der Waals surface area (Å²) in [4.78, 5) is 24.2. The van der Waals surface area contributed by atoms with Gasteiger partial charge in [0.1, 0.15) is 0 Å². The number of piperidine rings is 1. The molecule has 1 rings (SSSR count). The highest BCUT2D eigenvalue weighted by Crippen LogP contribution is 2.23. The maximum atomic E-state index is 11.9. The van der Waals surface area contributed by atoms with Gasteiger partial charge in [0.25, 0.3) is 0 Å². The molecule has 0 bridgehead atoms. The van der Waals surface area contributed by atoms with Crippen molar-refractivity contribution in [3.05, 3.63) is 0 Å². The van der Waals surface area contributed by atoms with Crippen molar-refractivity contribution in [3.63, 3.8) is 0 Å². The maximum absolute atomic E-state index is 11.9. The summed E-state index contributed by atoms with van der Waals surface area (Å²) in [6.45, 7) is 4.13. The smallest absolute Gasteiger partial charge is 0.313 e. The summed E-state index contributed by atoms with van der Waals surface area (Å²) in [6.07, 6.45) is 3.29. The molecule has 5 heteroatoms. The van der Waals surface area contributed by atoms with E-state index < -0.39 is 5.97 Å². The topological polar surface area (TPSA) is 57.6 Å². The van der Waals surface area contributed by atoms with Crippen LogP contribution >= 0.6 is 11.8 Å². The quantitative estimate of drug-likeness (QED) is 0.817. The Balaban J connectivity index is 2.41. The SMILES string of the molecule is CC1CCCC(C)N1C(=O)CSCC(=O)O. The number of carboxylic acid groups (broad SMARTS) is 1. The Morgan fingerprint density at radius 3 is 2.31 bits per heavy atom. The number of hydrogen-bond donors (Lipinski definition) is 1. The van der Waals surface area contributed by atoms with Crippen LogP contribution in [0, 0.1) is 0 Å². The van der Waals surface area contributed by atoms with Crippen molar-refractivity contribution in [2.75, 3.05) is 11.5 Å². The van der Waals surface area contributed by atoms with Crippen LogP contribution in [0.2, 0.25) is 0 Å². The first-order chi connectivity index (χ1) is 7.52. The molecule has 0 aromatic carbocycles. The van der Waals surface area contributed by atoms with Crippen LogP contribution in [-0.4, -0.2) is 45.5 Å². The molecule has 0 aliphatic carbocycles. The number of amides is 1. The van der Waals surface area contributed by atoms with Crippen molar-refractivity contribution in [2.24, 2.45) is 0 Å². The molecule has 92 valence electrons. The third kappa shape index (κ3) is 3.70. The fourth-order valence-corrected chi connectivity index (χ4v) is 2.81. The number of thioether (sulfide) groups is 1. The molecule has 0 aromatic rings. The highest BCUT2D eigenvalue weighted by Gasteiger charge is 2.28. The molecular formula is C11H19NO3S. The number of rotatable bonds is 4. The van der Waals surface area contributed by atoms with Gasteiger partial charge in [0.15, 0.2) is 0 Å². The molecule has 0 saturated carbocycles. The largest absolute Gasteiger partial charge is 0.481 e. The molecule has 1 aliphatic heterocycles. The second-order valence-electron chi connectivity index (χ2n) is 4.32. The molecule has 2 unspecified atom stereocenters. The lowest BCUT2D eigenvalue weighted by Gasteiger charge is -2.39. The summed E-state index contributed by atoms with van der Waals surface area (Å²) in [6, 6.07) is 0.586. The summed E-state index contributed by atoms with van der Waals surface area (Å²) >= 11 is 1.18. The Bertz CT molecular complexity index is 260. The zero-order valence-electron chi connectivity index (χ0n) is 9.81. The van der Waals surface area contributed by atoms with Gasteiger partial charge in [-0.1, -0.05) is 0 Å². The van der Waals surface area contributed by atoms with Gasteiger partial charge in [-0.05, 0) is 33.1 Å². The Morgan fingerprint density at radius 2 is 1.81 bits per heavy atom. The summed E-state index contributed by atoms with van der Waals surface area (Å²) < 4.78 is 0. The minimum Gasteiger partial charge on any atom is -0.481 e. The van der Waals surface area contributed by atoms with Crippen LogP contribution in [0.1, 0.15) is 33.1 Å². The van der Waals surface area contributed by atoms with E-state index in [1.54, 1.807) is 0 Å². The monoisotopic (exact) mass is 245 g/mol. The van der Waals surface area contributed by atoms with Crippen LogP contribution in [0.5, 0.6) is 0 Å². The molecule has 0 radical (unpaired) electrons. The normalized spacial score (nSPS) is 25.5. The van der Waals surface area contributed by atoms with E-state index in [1.165, 1.54) is 18.2 Å². The molecule has 0 spiro atoms. The lowest BCUT2D eigenvalue weighted by molar-refractivity contribution is -0.134. The second kappa shape index (κ2) is 6.13. The van der Waals surface area contributed by atoms with Crippen molar-refractivity contribution in [3.8, 4) is 0 Å². The number of hydrogen-bond acceptors (Lipinski definition) is 3. The number of aliphatic carboxylic acids is 1. The molecule has 1 heterocycles. The average molecular weight is 245 g/mol. The van der Waals surface area contributed by atoms with Crippen LogP contribution < -0.4 is 0 Å². The number of nitrogens with zero attached hydrogens (tertiary/aromatic N) is 1. The van der Waals surface area contributed by atoms with Gasteiger partial charge >= 0.3 is 5.97 Å². The number of carboxylic acids is 1. The van der Waals surface area contributed by atoms with Crippen LogP contribution in [0.25, 0.3) is 0 Å². The van der Waals surface area contributed by atoms with Gasteiger partial charge in [-0.15, -0.1) is 11.8 Å². The lowest BCUT2D eigenvalue weighted by atomic mass is 9.98. The van der Waals surface area contributed by atoms with Gasteiger partial charge in [-0.3, -0.25) is 9.59 Å². The van der Waals surface area contributed by atoms with E-state index in [9.17, 15) is 9.59 Å². The fourth-order valence-electron chi connectivity index (χ4n) is 2.21. The molecular weight excluding hydrogens is 226 g/mol. The lowest BCUT2D eigenvalue weighted by Crippen LogP contribution is -2.48. The predicted molar refractivity (Wildman–Crippen MR) is 64.6 cm³/mol. The van der Waals surface area contributed by atoms with Gasteiger partial charge in [-0.2, -0.15) is 0 Å². The summed E-state index contributed by atoms with van der Waals surface area (Å²) in [7, 11) is 0. The van der Waals surface area contributed by atoms with Gasteiger partial charge in [0, 0.05) is 12.1 Å². The Labute approximate surface area is 100 Å². The number of carbonyl (C=O) groups excluding carboxylic acids is 1. The minimum absolute atomic E-state index is 0.00232. The van der Waals surface area contributed by atoms with E-state index in [1.807, 2.05) is 4.90 Å². The number of carbonyl (C=O) groups is 2.